The quantitative estimate of drug-likeness (QED) is 0.585. The molecule has 3 heteroatoms. The molecule has 78 valence electrons. The molecule has 0 aliphatic carbocycles. The van der Waals surface area contributed by atoms with E-state index in [9.17, 15) is 5.11 Å². The van der Waals surface area contributed by atoms with E-state index >= 15 is 0 Å². The minimum absolute atomic E-state index is 0.189. The molecular formula is C11H17NO2. The zero-order valence-electron chi connectivity index (χ0n) is 8.19. The van der Waals surface area contributed by atoms with Crippen LogP contribution in [0, 0.1) is 0 Å². The maximum absolute atomic E-state index is 9.69. The van der Waals surface area contributed by atoms with Gasteiger partial charge in [-0.15, -0.1) is 0 Å². The van der Waals surface area contributed by atoms with Gasteiger partial charge < -0.3 is 15.5 Å². The molecule has 0 saturated carbocycles. The van der Waals surface area contributed by atoms with Crippen molar-refractivity contribution in [1.82, 2.24) is 5.32 Å². The van der Waals surface area contributed by atoms with Crippen LogP contribution in [0.4, 0.5) is 0 Å². The molecule has 0 radical (unpaired) electrons. The smallest absolute Gasteiger partial charge is 0.0914 e. The van der Waals surface area contributed by atoms with Crippen LogP contribution in [0.3, 0.4) is 0 Å². The van der Waals surface area contributed by atoms with Crippen LogP contribution in [0.25, 0.3) is 0 Å². The predicted molar refractivity (Wildman–Crippen MR) is 56.0 cm³/mol. The van der Waals surface area contributed by atoms with Crippen LogP contribution < -0.4 is 5.32 Å². The lowest BCUT2D eigenvalue weighted by atomic mass is 10.1. The van der Waals surface area contributed by atoms with Crippen LogP contribution in [0.1, 0.15) is 18.1 Å². The summed E-state index contributed by atoms with van der Waals surface area (Å²) in [7, 11) is 0. The summed E-state index contributed by atoms with van der Waals surface area (Å²) >= 11 is 0. The summed E-state index contributed by atoms with van der Waals surface area (Å²) in [6.07, 6.45) is 0.261. The van der Waals surface area contributed by atoms with Gasteiger partial charge in [0.25, 0.3) is 0 Å². The summed E-state index contributed by atoms with van der Waals surface area (Å²) in [6.45, 7) is 1.46. The summed E-state index contributed by atoms with van der Waals surface area (Å²) in [5, 5.41) is 21.3. The highest BCUT2D eigenvalue weighted by Gasteiger charge is 2.04. The third-order valence-corrected chi connectivity index (χ3v) is 2.03. The molecule has 0 aromatic heterocycles. The molecule has 0 spiro atoms. The predicted octanol–water partition coefficient (Wildman–Crippen LogP) is 0.692. The maximum atomic E-state index is 9.69. The van der Waals surface area contributed by atoms with Crippen LogP contribution in [0.5, 0.6) is 0 Å². The number of aliphatic hydroxyl groups excluding tert-OH is 2. The fourth-order valence-corrected chi connectivity index (χ4v) is 1.24. The second-order valence-electron chi connectivity index (χ2n) is 3.21. The van der Waals surface area contributed by atoms with Crippen molar-refractivity contribution < 1.29 is 10.2 Å². The lowest BCUT2D eigenvalue weighted by Crippen LogP contribution is -2.23. The summed E-state index contributed by atoms with van der Waals surface area (Å²) in [5.74, 6) is 0. The lowest BCUT2D eigenvalue weighted by molar-refractivity contribution is 0.173. The van der Waals surface area contributed by atoms with Crippen LogP contribution >= 0.6 is 0 Å². The van der Waals surface area contributed by atoms with E-state index in [0.29, 0.717) is 6.54 Å². The molecule has 0 bridgehead atoms. The minimum atomic E-state index is -0.463. The normalized spacial score (nSPS) is 12.7. The number of hydrogen-bond donors (Lipinski definition) is 3. The third kappa shape index (κ3) is 3.87. The number of aliphatic hydroxyl groups is 2. The van der Waals surface area contributed by atoms with Crippen LogP contribution in [0.15, 0.2) is 30.3 Å². The van der Waals surface area contributed by atoms with Gasteiger partial charge in [0, 0.05) is 13.2 Å². The summed E-state index contributed by atoms with van der Waals surface area (Å²) in [5.41, 5.74) is 0.920. The molecule has 1 aromatic rings. The van der Waals surface area contributed by atoms with Crippen molar-refractivity contribution in [2.45, 2.75) is 12.5 Å². The molecule has 0 aliphatic rings. The zero-order chi connectivity index (χ0) is 10.2. The second kappa shape index (κ2) is 6.54. The van der Waals surface area contributed by atoms with Crippen molar-refractivity contribution >= 4 is 0 Å². The average Bonchev–Trinajstić information content (AvgIpc) is 2.25. The molecule has 0 amide bonds. The molecule has 1 rings (SSSR count). The highest BCUT2D eigenvalue weighted by molar-refractivity contribution is 5.17. The first-order valence-electron chi connectivity index (χ1n) is 4.89. The van der Waals surface area contributed by atoms with Gasteiger partial charge in [0.1, 0.15) is 0 Å². The first-order chi connectivity index (χ1) is 6.84. The van der Waals surface area contributed by atoms with Crippen LogP contribution in [0.2, 0.25) is 0 Å². The van der Waals surface area contributed by atoms with Gasteiger partial charge in [-0.3, -0.25) is 0 Å². The molecule has 3 N–H and O–H groups in total. The Balaban J connectivity index is 2.25. The lowest BCUT2D eigenvalue weighted by Gasteiger charge is -2.11. The van der Waals surface area contributed by atoms with Gasteiger partial charge in [-0.2, -0.15) is 0 Å². The number of rotatable bonds is 6. The number of benzene rings is 1. The van der Waals surface area contributed by atoms with Gasteiger partial charge in [0.15, 0.2) is 0 Å². The standard InChI is InChI=1S/C11H17NO2/c13-8-4-7-12-9-11(14)10-5-2-1-3-6-10/h1-3,5-6,11-14H,4,7-9H2. The van der Waals surface area contributed by atoms with Crippen molar-refractivity contribution in [2.75, 3.05) is 19.7 Å². The van der Waals surface area contributed by atoms with Crippen molar-refractivity contribution in [2.24, 2.45) is 0 Å². The third-order valence-electron chi connectivity index (χ3n) is 2.03. The van der Waals surface area contributed by atoms with Gasteiger partial charge >= 0.3 is 0 Å². The largest absolute Gasteiger partial charge is 0.396 e. The maximum Gasteiger partial charge on any atom is 0.0914 e. The first-order valence-corrected chi connectivity index (χ1v) is 4.89. The fraction of sp³-hybridized carbons (Fsp3) is 0.455. The Morgan fingerprint density at radius 1 is 1.21 bits per heavy atom. The van der Waals surface area contributed by atoms with E-state index in [2.05, 4.69) is 5.32 Å². The summed E-state index contributed by atoms with van der Waals surface area (Å²) in [4.78, 5) is 0. The highest BCUT2D eigenvalue weighted by Crippen LogP contribution is 2.10. The molecule has 0 heterocycles. The minimum Gasteiger partial charge on any atom is -0.396 e. The van der Waals surface area contributed by atoms with E-state index in [0.717, 1.165) is 18.5 Å². The second-order valence-corrected chi connectivity index (χ2v) is 3.21. The Labute approximate surface area is 84.4 Å². The molecule has 0 aliphatic heterocycles. The number of hydrogen-bond acceptors (Lipinski definition) is 3. The van der Waals surface area contributed by atoms with Gasteiger partial charge in [0.05, 0.1) is 6.10 Å². The summed E-state index contributed by atoms with van der Waals surface area (Å²) < 4.78 is 0. The van der Waals surface area contributed by atoms with Gasteiger partial charge in [-0.05, 0) is 18.5 Å². The molecule has 1 unspecified atom stereocenters. The molecule has 3 nitrogen and oxygen atoms in total. The van der Waals surface area contributed by atoms with E-state index in [1.54, 1.807) is 0 Å². The van der Waals surface area contributed by atoms with Gasteiger partial charge in [-0.1, -0.05) is 30.3 Å². The Bertz CT molecular complexity index is 238. The first kappa shape index (κ1) is 11.2. The van der Waals surface area contributed by atoms with E-state index in [4.69, 9.17) is 5.11 Å². The van der Waals surface area contributed by atoms with Gasteiger partial charge in [0.2, 0.25) is 0 Å². The molecule has 1 atom stereocenters. The van der Waals surface area contributed by atoms with Crippen molar-refractivity contribution in [1.29, 1.82) is 0 Å². The Kier molecular flexibility index (Phi) is 5.22. The molecule has 14 heavy (non-hydrogen) atoms. The van der Waals surface area contributed by atoms with E-state index < -0.39 is 6.10 Å². The average molecular weight is 195 g/mol. The molecule has 0 fully saturated rings. The molecule has 0 saturated heterocycles. The Hall–Kier alpha value is -0.900. The zero-order valence-corrected chi connectivity index (χ0v) is 8.19. The highest BCUT2D eigenvalue weighted by atomic mass is 16.3. The number of nitrogens with one attached hydrogen (secondary N) is 1. The fourth-order valence-electron chi connectivity index (χ4n) is 1.24. The van der Waals surface area contributed by atoms with Gasteiger partial charge in [-0.25, -0.2) is 0 Å². The van der Waals surface area contributed by atoms with Crippen LogP contribution in [-0.4, -0.2) is 29.9 Å². The van der Waals surface area contributed by atoms with Crippen LogP contribution in [-0.2, 0) is 0 Å². The SMILES string of the molecule is OCCCNCC(O)c1ccccc1. The summed E-state index contributed by atoms with van der Waals surface area (Å²) in [6, 6.07) is 9.55. The Morgan fingerprint density at radius 2 is 1.93 bits per heavy atom. The van der Waals surface area contributed by atoms with Crippen molar-refractivity contribution in [3.63, 3.8) is 0 Å². The molecule has 1 aromatic carbocycles. The molecular weight excluding hydrogens is 178 g/mol. The van der Waals surface area contributed by atoms with E-state index in [1.807, 2.05) is 30.3 Å². The van der Waals surface area contributed by atoms with E-state index in [-0.39, 0.29) is 6.61 Å². The van der Waals surface area contributed by atoms with Crippen molar-refractivity contribution in [3.8, 4) is 0 Å². The van der Waals surface area contributed by atoms with Crippen molar-refractivity contribution in [3.05, 3.63) is 35.9 Å². The Morgan fingerprint density at radius 3 is 2.57 bits per heavy atom. The topological polar surface area (TPSA) is 52.5 Å². The monoisotopic (exact) mass is 195 g/mol. The van der Waals surface area contributed by atoms with E-state index in [1.165, 1.54) is 0 Å².